The van der Waals surface area contributed by atoms with E-state index in [1.807, 2.05) is 0 Å². The second-order valence-corrected chi connectivity index (χ2v) is 6.06. The Morgan fingerprint density at radius 1 is 1.44 bits per heavy atom. The molecule has 0 amide bonds. The van der Waals surface area contributed by atoms with Crippen molar-refractivity contribution in [3.63, 3.8) is 0 Å². The van der Waals surface area contributed by atoms with E-state index in [-0.39, 0.29) is 11.8 Å². The molecule has 0 radical (unpaired) electrons. The topological polar surface area (TPSA) is 49.3 Å². The van der Waals surface area contributed by atoms with E-state index >= 15 is 0 Å². The number of carbonyl (C=O) groups is 1. The molecule has 2 rings (SSSR count). The highest BCUT2D eigenvalue weighted by Gasteiger charge is 2.25. The molecular weight excluding hydrogens is 226 g/mol. The third kappa shape index (κ3) is 2.66. The van der Waals surface area contributed by atoms with Gasteiger partial charge in [-0.25, -0.2) is 0 Å². The first-order valence-corrected chi connectivity index (χ1v) is 6.48. The zero-order valence-corrected chi connectivity index (χ0v) is 11.3. The van der Waals surface area contributed by atoms with Crippen molar-refractivity contribution in [1.29, 1.82) is 0 Å². The molecule has 0 fully saturated rings. The fourth-order valence-electron chi connectivity index (χ4n) is 2.43. The van der Waals surface area contributed by atoms with E-state index in [1.54, 1.807) is 0 Å². The molecule has 1 aromatic carbocycles. The highest BCUT2D eigenvalue weighted by atomic mass is 16.4. The van der Waals surface area contributed by atoms with Crippen molar-refractivity contribution >= 4 is 11.7 Å². The van der Waals surface area contributed by atoms with Crippen LogP contribution in [-0.4, -0.2) is 17.6 Å². The van der Waals surface area contributed by atoms with Gasteiger partial charge in [0.25, 0.3) is 0 Å². The molecule has 3 nitrogen and oxygen atoms in total. The summed E-state index contributed by atoms with van der Waals surface area (Å²) in [6.07, 6.45) is 0.953. The van der Waals surface area contributed by atoms with Gasteiger partial charge < -0.3 is 10.4 Å². The van der Waals surface area contributed by atoms with Crippen LogP contribution in [-0.2, 0) is 10.2 Å². The van der Waals surface area contributed by atoms with Crippen LogP contribution in [0.15, 0.2) is 18.2 Å². The molecule has 98 valence electrons. The van der Waals surface area contributed by atoms with Crippen molar-refractivity contribution in [2.75, 3.05) is 11.9 Å². The quantitative estimate of drug-likeness (QED) is 0.861. The van der Waals surface area contributed by atoms with Gasteiger partial charge in [0.2, 0.25) is 0 Å². The number of hydrogen-bond donors (Lipinski definition) is 2. The normalized spacial score (nSPS) is 18.3. The smallest absolute Gasteiger partial charge is 0.303 e. The lowest BCUT2D eigenvalue weighted by Gasteiger charge is -2.20. The first-order chi connectivity index (χ1) is 8.38. The average molecular weight is 247 g/mol. The molecule has 0 saturated carbocycles. The fraction of sp³-hybridized carbons (Fsp3) is 0.533. The number of carboxylic acid groups (broad SMARTS) is 1. The molecule has 1 heterocycles. The number of hydrogen-bond acceptors (Lipinski definition) is 2. The molecule has 0 spiro atoms. The van der Waals surface area contributed by atoms with Crippen molar-refractivity contribution in [2.24, 2.45) is 0 Å². The molecule has 1 aliphatic rings. The minimum Gasteiger partial charge on any atom is -0.481 e. The maximum absolute atomic E-state index is 10.7. The van der Waals surface area contributed by atoms with Crippen molar-refractivity contribution in [2.45, 2.75) is 44.9 Å². The van der Waals surface area contributed by atoms with Gasteiger partial charge >= 0.3 is 5.97 Å². The van der Waals surface area contributed by atoms with Crippen LogP contribution in [0.25, 0.3) is 0 Å². The van der Waals surface area contributed by atoms with Gasteiger partial charge in [-0.3, -0.25) is 4.79 Å². The molecule has 3 heteroatoms. The highest BCUT2D eigenvalue weighted by Crippen LogP contribution is 2.37. The van der Waals surface area contributed by atoms with Crippen LogP contribution >= 0.6 is 0 Å². The Kier molecular flexibility index (Phi) is 3.33. The molecule has 1 unspecified atom stereocenters. The van der Waals surface area contributed by atoms with Gasteiger partial charge in [0.15, 0.2) is 0 Å². The minimum atomic E-state index is -0.713. The van der Waals surface area contributed by atoms with Crippen LogP contribution in [0.4, 0.5) is 5.69 Å². The molecular formula is C15H21NO2. The average Bonchev–Trinajstić information content (AvgIpc) is 2.67. The Bertz CT molecular complexity index is 460. The SMILES string of the molecule is CC(C)(C)c1ccc2c(c1)C(CCC(=O)O)CN2. The number of benzene rings is 1. The lowest BCUT2D eigenvalue weighted by Crippen LogP contribution is -2.11. The highest BCUT2D eigenvalue weighted by molar-refractivity contribution is 5.67. The predicted octanol–water partition coefficient (Wildman–Crippen LogP) is 3.36. The lowest BCUT2D eigenvalue weighted by molar-refractivity contribution is -0.137. The summed E-state index contributed by atoms with van der Waals surface area (Å²) in [5, 5.41) is 12.1. The summed E-state index contributed by atoms with van der Waals surface area (Å²) in [7, 11) is 0. The van der Waals surface area contributed by atoms with Crippen molar-refractivity contribution in [1.82, 2.24) is 0 Å². The van der Waals surface area contributed by atoms with Crippen LogP contribution in [0.1, 0.15) is 50.7 Å². The van der Waals surface area contributed by atoms with Crippen LogP contribution in [0.2, 0.25) is 0 Å². The van der Waals surface area contributed by atoms with E-state index in [9.17, 15) is 4.79 Å². The Balaban J connectivity index is 2.22. The summed E-state index contributed by atoms with van der Waals surface area (Å²) in [5.74, 6) is -0.381. The summed E-state index contributed by atoms with van der Waals surface area (Å²) >= 11 is 0. The van der Waals surface area contributed by atoms with Crippen LogP contribution < -0.4 is 5.32 Å². The molecule has 0 bridgehead atoms. The summed E-state index contributed by atoms with van der Waals surface area (Å²) in [4.78, 5) is 10.7. The van der Waals surface area contributed by atoms with Gasteiger partial charge in [-0.05, 0) is 29.0 Å². The van der Waals surface area contributed by atoms with Gasteiger partial charge in [-0.1, -0.05) is 32.9 Å². The van der Waals surface area contributed by atoms with E-state index in [4.69, 9.17) is 5.11 Å². The minimum absolute atomic E-state index is 0.134. The maximum Gasteiger partial charge on any atom is 0.303 e. The van der Waals surface area contributed by atoms with Crippen molar-refractivity contribution in [3.8, 4) is 0 Å². The summed E-state index contributed by atoms with van der Waals surface area (Å²) in [6, 6.07) is 6.52. The Labute approximate surface area is 108 Å². The van der Waals surface area contributed by atoms with E-state index in [1.165, 1.54) is 16.8 Å². The number of fused-ring (bicyclic) bond motifs is 1. The second-order valence-electron chi connectivity index (χ2n) is 6.06. The number of rotatable bonds is 3. The van der Waals surface area contributed by atoms with Crippen LogP contribution in [0.5, 0.6) is 0 Å². The van der Waals surface area contributed by atoms with E-state index in [2.05, 4.69) is 44.3 Å². The summed E-state index contributed by atoms with van der Waals surface area (Å²) in [6.45, 7) is 7.45. The summed E-state index contributed by atoms with van der Waals surface area (Å²) < 4.78 is 0. The van der Waals surface area contributed by atoms with E-state index in [0.29, 0.717) is 12.3 Å². The molecule has 1 aromatic rings. The number of carboxylic acids is 1. The zero-order chi connectivity index (χ0) is 13.3. The first-order valence-electron chi connectivity index (χ1n) is 6.48. The van der Waals surface area contributed by atoms with Crippen LogP contribution in [0, 0.1) is 0 Å². The third-order valence-electron chi connectivity index (χ3n) is 3.60. The molecule has 2 N–H and O–H groups in total. The molecule has 1 atom stereocenters. The third-order valence-corrected chi connectivity index (χ3v) is 3.60. The maximum atomic E-state index is 10.7. The van der Waals surface area contributed by atoms with Gasteiger partial charge in [0.1, 0.15) is 0 Å². The Hall–Kier alpha value is -1.51. The number of aliphatic carboxylic acids is 1. The van der Waals surface area contributed by atoms with Crippen molar-refractivity contribution < 1.29 is 9.90 Å². The largest absolute Gasteiger partial charge is 0.481 e. The monoisotopic (exact) mass is 247 g/mol. The molecule has 0 aliphatic carbocycles. The number of anilines is 1. The first kappa shape index (κ1) is 12.9. The Morgan fingerprint density at radius 3 is 2.78 bits per heavy atom. The lowest BCUT2D eigenvalue weighted by atomic mass is 9.84. The standard InChI is InChI=1S/C15H21NO2/c1-15(2,3)11-5-6-13-12(8-11)10(9-16-13)4-7-14(17)18/h5-6,8,10,16H,4,7,9H2,1-3H3,(H,17,18). The summed E-state index contributed by atoms with van der Waals surface area (Å²) in [5.41, 5.74) is 3.89. The van der Waals surface area contributed by atoms with E-state index < -0.39 is 5.97 Å². The van der Waals surface area contributed by atoms with Crippen molar-refractivity contribution in [3.05, 3.63) is 29.3 Å². The zero-order valence-electron chi connectivity index (χ0n) is 11.3. The molecule has 18 heavy (non-hydrogen) atoms. The second kappa shape index (κ2) is 4.63. The molecule has 1 aliphatic heterocycles. The Morgan fingerprint density at radius 2 is 2.17 bits per heavy atom. The van der Waals surface area contributed by atoms with Gasteiger partial charge in [-0.15, -0.1) is 0 Å². The van der Waals surface area contributed by atoms with Crippen LogP contribution in [0.3, 0.4) is 0 Å². The predicted molar refractivity (Wildman–Crippen MR) is 73.2 cm³/mol. The van der Waals surface area contributed by atoms with Gasteiger partial charge in [-0.2, -0.15) is 0 Å². The van der Waals surface area contributed by atoms with Gasteiger partial charge in [0, 0.05) is 24.6 Å². The van der Waals surface area contributed by atoms with E-state index in [0.717, 1.165) is 6.54 Å². The molecule has 0 aromatic heterocycles. The van der Waals surface area contributed by atoms with Gasteiger partial charge in [0.05, 0.1) is 0 Å². The number of nitrogens with one attached hydrogen (secondary N) is 1. The fourth-order valence-corrected chi connectivity index (χ4v) is 2.43. The molecule has 0 saturated heterocycles.